The fourth-order valence-electron chi connectivity index (χ4n) is 1.94. The van der Waals surface area contributed by atoms with Crippen LogP contribution in [0.4, 0.5) is 0 Å². The number of esters is 1. The van der Waals surface area contributed by atoms with Gasteiger partial charge in [-0.3, -0.25) is 9.69 Å². The van der Waals surface area contributed by atoms with Crippen LogP contribution >= 0.6 is 0 Å². The van der Waals surface area contributed by atoms with E-state index in [0.717, 1.165) is 13.0 Å². The molecule has 0 aliphatic carbocycles. The molecule has 0 saturated heterocycles. The molecule has 1 rings (SSSR count). The first-order chi connectivity index (χ1) is 8.52. The van der Waals surface area contributed by atoms with Crippen LogP contribution in [0.1, 0.15) is 23.6 Å². The lowest BCUT2D eigenvalue weighted by Gasteiger charge is -2.16. The minimum atomic E-state index is -0.152. The second-order valence-electron chi connectivity index (χ2n) is 4.72. The van der Waals surface area contributed by atoms with E-state index in [9.17, 15) is 4.79 Å². The van der Waals surface area contributed by atoms with Gasteiger partial charge in [0.25, 0.3) is 0 Å². The molecule has 0 N–H and O–H groups in total. The number of nitrogens with zero attached hydrogens (tertiary/aromatic N) is 1. The summed E-state index contributed by atoms with van der Waals surface area (Å²) in [6.07, 6.45) is 0.960. The van der Waals surface area contributed by atoms with E-state index in [1.165, 1.54) is 16.7 Å². The molecule has 0 unspecified atom stereocenters. The van der Waals surface area contributed by atoms with Crippen LogP contribution in [-0.2, 0) is 16.0 Å². The van der Waals surface area contributed by atoms with Gasteiger partial charge in [0.1, 0.15) is 0 Å². The lowest BCUT2D eigenvalue weighted by Crippen LogP contribution is -2.29. The largest absolute Gasteiger partial charge is 0.465 e. The van der Waals surface area contributed by atoms with Crippen molar-refractivity contribution < 1.29 is 9.53 Å². The Hall–Kier alpha value is -1.35. The summed E-state index contributed by atoms with van der Waals surface area (Å²) < 4.78 is 4.92. The number of rotatable bonds is 6. The number of hydrogen-bond acceptors (Lipinski definition) is 3. The maximum absolute atomic E-state index is 11.3. The third kappa shape index (κ3) is 4.88. The molecule has 0 amide bonds. The first-order valence-corrected chi connectivity index (χ1v) is 6.43. The van der Waals surface area contributed by atoms with Gasteiger partial charge in [-0.05, 0) is 45.4 Å². The molecule has 0 saturated carbocycles. The zero-order valence-corrected chi connectivity index (χ0v) is 11.8. The van der Waals surface area contributed by atoms with E-state index in [2.05, 4.69) is 32.0 Å². The Morgan fingerprint density at radius 2 is 2.06 bits per heavy atom. The minimum absolute atomic E-state index is 0.152. The predicted octanol–water partition coefficient (Wildman–Crippen LogP) is 2.34. The lowest BCUT2D eigenvalue weighted by atomic mass is 10.0. The number of ether oxygens (including phenoxy) is 1. The molecule has 18 heavy (non-hydrogen) atoms. The number of benzene rings is 1. The number of likely N-dealkylation sites (N-methyl/N-ethyl adjacent to an activating group) is 1. The van der Waals surface area contributed by atoms with Crippen LogP contribution < -0.4 is 0 Å². The van der Waals surface area contributed by atoms with Crippen LogP contribution in [0.25, 0.3) is 0 Å². The van der Waals surface area contributed by atoms with Gasteiger partial charge in [0.2, 0.25) is 0 Å². The van der Waals surface area contributed by atoms with Crippen molar-refractivity contribution in [2.45, 2.75) is 27.2 Å². The molecular weight excluding hydrogens is 226 g/mol. The highest BCUT2D eigenvalue weighted by Gasteiger charge is 2.07. The second-order valence-corrected chi connectivity index (χ2v) is 4.72. The maximum atomic E-state index is 11.3. The van der Waals surface area contributed by atoms with Crippen molar-refractivity contribution >= 4 is 5.97 Å². The molecule has 0 atom stereocenters. The van der Waals surface area contributed by atoms with Crippen LogP contribution in [0.5, 0.6) is 0 Å². The molecule has 0 aliphatic rings. The molecule has 0 aliphatic heterocycles. The topological polar surface area (TPSA) is 29.5 Å². The molecule has 3 heteroatoms. The molecule has 1 aromatic rings. The predicted molar refractivity (Wildman–Crippen MR) is 73.8 cm³/mol. The van der Waals surface area contributed by atoms with Crippen molar-refractivity contribution in [2.75, 3.05) is 26.7 Å². The van der Waals surface area contributed by atoms with Crippen molar-refractivity contribution in [2.24, 2.45) is 0 Å². The van der Waals surface area contributed by atoms with E-state index in [4.69, 9.17) is 4.74 Å². The molecule has 0 radical (unpaired) electrons. The van der Waals surface area contributed by atoms with Gasteiger partial charge >= 0.3 is 5.97 Å². The van der Waals surface area contributed by atoms with Crippen molar-refractivity contribution in [3.8, 4) is 0 Å². The quantitative estimate of drug-likeness (QED) is 0.725. The summed E-state index contributed by atoms with van der Waals surface area (Å²) in [7, 11) is 1.94. The highest BCUT2D eigenvalue weighted by atomic mass is 16.5. The van der Waals surface area contributed by atoms with Crippen LogP contribution in [0.15, 0.2) is 18.2 Å². The summed E-state index contributed by atoms with van der Waals surface area (Å²) in [5.74, 6) is -0.152. The van der Waals surface area contributed by atoms with E-state index >= 15 is 0 Å². The zero-order chi connectivity index (χ0) is 13.5. The van der Waals surface area contributed by atoms with Crippen molar-refractivity contribution in [1.29, 1.82) is 0 Å². The highest BCUT2D eigenvalue weighted by Crippen LogP contribution is 2.11. The summed E-state index contributed by atoms with van der Waals surface area (Å²) in [6.45, 7) is 7.73. The van der Waals surface area contributed by atoms with E-state index in [1.807, 2.05) is 18.9 Å². The molecular formula is C15H23NO2. The van der Waals surface area contributed by atoms with Gasteiger partial charge < -0.3 is 4.74 Å². The number of hydrogen-bond donors (Lipinski definition) is 0. The van der Waals surface area contributed by atoms with E-state index in [-0.39, 0.29) is 5.97 Å². The lowest BCUT2D eigenvalue weighted by molar-refractivity contribution is -0.144. The Kier molecular flexibility index (Phi) is 5.86. The van der Waals surface area contributed by atoms with Crippen LogP contribution in [0, 0.1) is 13.8 Å². The highest BCUT2D eigenvalue weighted by molar-refractivity contribution is 5.71. The van der Waals surface area contributed by atoms with Gasteiger partial charge in [-0.15, -0.1) is 0 Å². The van der Waals surface area contributed by atoms with Crippen LogP contribution in [0.2, 0.25) is 0 Å². The van der Waals surface area contributed by atoms with Crippen molar-refractivity contribution in [3.05, 3.63) is 34.9 Å². The Balaban J connectivity index is 2.42. The van der Waals surface area contributed by atoms with Gasteiger partial charge in [0.15, 0.2) is 0 Å². The molecule has 3 nitrogen and oxygen atoms in total. The second kappa shape index (κ2) is 7.17. The molecule has 0 fully saturated rings. The van der Waals surface area contributed by atoms with Gasteiger partial charge in [-0.1, -0.05) is 23.8 Å². The molecule has 0 aromatic heterocycles. The number of aryl methyl sites for hydroxylation is 2. The van der Waals surface area contributed by atoms with Gasteiger partial charge in [-0.25, -0.2) is 0 Å². The Morgan fingerprint density at radius 1 is 1.33 bits per heavy atom. The number of carbonyl (C=O) groups excluding carboxylic acids is 1. The monoisotopic (exact) mass is 249 g/mol. The standard InChI is InChI=1S/C15H23NO2/c1-5-18-15(17)11-16(4)9-8-14-7-6-12(2)10-13(14)3/h6-7,10H,5,8-9,11H2,1-4H3. The van der Waals surface area contributed by atoms with Gasteiger partial charge in [-0.2, -0.15) is 0 Å². The molecule has 100 valence electrons. The average Bonchev–Trinajstić information content (AvgIpc) is 2.28. The minimum Gasteiger partial charge on any atom is -0.465 e. The summed E-state index contributed by atoms with van der Waals surface area (Å²) in [4.78, 5) is 13.3. The smallest absolute Gasteiger partial charge is 0.320 e. The molecule has 0 spiro atoms. The SMILES string of the molecule is CCOC(=O)CN(C)CCc1ccc(C)cc1C. The first kappa shape index (κ1) is 14.7. The zero-order valence-electron chi connectivity index (χ0n) is 11.8. The van der Waals surface area contributed by atoms with Crippen LogP contribution in [-0.4, -0.2) is 37.6 Å². The third-order valence-electron chi connectivity index (χ3n) is 2.97. The fourth-order valence-corrected chi connectivity index (χ4v) is 1.94. The van der Waals surface area contributed by atoms with Crippen molar-refractivity contribution in [3.63, 3.8) is 0 Å². The fraction of sp³-hybridized carbons (Fsp3) is 0.533. The Labute approximate surface area is 110 Å². The molecule has 0 heterocycles. The van der Waals surface area contributed by atoms with E-state index in [0.29, 0.717) is 13.2 Å². The summed E-state index contributed by atoms with van der Waals surface area (Å²) >= 11 is 0. The normalized spacial score (nSPS) is 10.7. The Morgan fingerprint density at radius 3 is 2.67 bits per heavy atom. The van der Waals surface area contributed by atoms with Gasteiger partial charge in [0.05, 0.1) is 13.2 Å². The molecule has 1 aromatic carbocycles. The Bertz CT molecular complexity index is 401. The number of carbonyl (C=O) groups is 1. The summed E-state index contributed by atoms with van der Waals surface area (Å²) in [5.41, 5.74) is 3.95. The van der Waals surface area contributed by atoms with Crippen molar-refractivity contribution in [1.82, 2.24) is 4.90 Å². The van der Waals surface area contributed by atoms with Crippen LogP contribution in [0.3, 0.4) is 0 Å². The maximum Gasteiger partial charge on any atom is 0.320 e. The summed E-state index contributed by atoms with van der Waals surface area (Å²) in [5, 5.41) is 0. The summed E-state index contributed by atoms with van der Waals surface area (Å²) in [6, 6.07) is 6.50. The molecule has 0 bridgehead atoms. The van der Waals surface area contributed by atoms with E-state index in [1.54, 1.807) is 0 Å². The van der Waals surface area contributed by atoms with Gasteiger partial charge in [0, 0.05) is 6.54 Å². The average molecular weight is 249 g/mol. The third-order valence-corrected chi connectivity index (χ3v) is 2.97. The van der Waals surface area contributed by atoms with E-state index < -0.39 is 0 Å². The first-order valence-electron chi connectivity index (χ1n) is 6.43.